The van der Waals surface area contributed by atoms with Gasteiger partial charge in [0.05, 0.1) is 23.7 Å². The molecule has 3 aromatic heterocycles. The summed E-state index contributed by atoms with van der Waals surface area (Å²) in [5.74, 6) is 3.05. The fourth-order valence-electron chi connectivity index (χ4n) is 7.39. The number of nitriles is 1. The number of likely N-dealkylation sites (tertiary alicyclic amines) is 1. The number of thiophene rings is 1. The fourth-order valence-corrected chi connectivity index (χ4v) is 8.55. The van der Waals surface area contributed by atoms with Crippen LogP contribution in [0.5, 0.6) is 5.75 Å². The second kappa shape index (κ2) is 8.95. The molecule has 3 unspecified atom stereocenters. The maximum atomic E-state index is 9.98. The van der Waals surface area contributed by atoms with Gasteiger partial charge in [0.2, 0.25) is 0 Å². The first-order valence-corrected chi connectivity index (χ1v) is 14.6. The lowest BCUT2D eigenvalue weighted by molar-refractivity contribution is 0.162. The van der Waals surface area contributed by atoms with Gasteiger partial charge in [-0.2, -0.15) is 5.26 Å². The predicted molar refractivity (Wildman–Crippen MR) is 146 cm³/mol. The summed E-state index contributed by atoms with van der Waals surface area (Å²) in [5.41, 5.74) is 9.46. The average Bonchev–Trinajstić information content (AvgIpc) is 3.52. The van der Waals surface area contributed by atoms with E-state index in [1.54, 1.807) is 17.5 Å². The van der Waals surface area contributed by atoms with Crippen molar-refractivity contribution in [3.63, 3.8) is 0 Å². The number of ether oxygens (including phenoxy) is 1. The van der Waals surface area contributed by atoms with E-state index in [1.165, 1.54) is 11.3 Å². The SMILES string of the molecule is CC1C(N2CCOc3cnc(-c4noc5c4CCCC54CCCc5sc(N)c(C#N)c54)nc32)CCCN1C. The summed E-state index contributed by atoms with van der Waals surface area (Å²) in [5, 5.41) is 15.2. The van der Waals surface area contributed by atoms with Crippen molar-refractivity contribution < 1.29 is 9.26 Å². The van der Waals surface area contributed by atoms with E-state index >= 15 is 0 Å². The Bertz CT molecular complexity index is 1440. The highest BCUT2D eigenvalue weighted by molar-refractivity contribution is 7.16. The standard InChI is InChI=1S/C28H33N7O2S/c1-16-19(7-5-11-34(16)2)35-12-13-36-20-15-31-26(32-27(20)35)23-17-6-3-9-28(24(17)37-33-23)10-4-8-21-22(28)18(14-29)25(30)38-21/h15-16,19H,3-13,30H2,1-2H3. The number of likely N-dealkylation sites (N-methyl/N-ethyl adjacent to an activating group) is 1. The van der Waals surface area contributed by atoms with Crippen molar-refractivity contribution in [3.8, 4) is 23.3 Å². The molecule has 1 fully saturated rings. The number of hydrogen-bond donors (Lipinski definition) is 1. The average molecular weight is 532 g/mol. The topological polar surface area (TPSA) is 117 Å². The van der Waals surface area contributed by atoms with Gasteiger partial charge in [-0.15, -0.1) is 11.3 Å². The molecule has 5 heterocycles. The van der Waals surface area contributed by atoms with Gasteiger partial charge in [0.25, 0.3) is 0 Å². The first-order chi connectivity index (χ1) is 18.5. The Morgan fingerprint density at radius 3 is 2.89 bits per heavy atom. The lowest BCUT2D eigenvalue weighted by atomic mass is 9.63. The van der Waals surface area contributed by atoms with E-state index in [0.29, 0.717) is 35.1 Å². The maximum absolute atomic E-state index is 9.98. The molecule has 2 aliphatic carbocycles. The highest BCUT2D eigenvalue weighted by Crippen LogP contribution is 2.55. The smallest absolute Gasteiger partial charge is 0.184 e. The Morgan fingerprint density at radius 2 is 2.05 bits per heavy atom. The summed E-state index contributed by atoms with van der Waals surface area (Å²) in [4.78, 5) is 15.9. The highest BCUT2D eigenvalue weighted by Gasteiger charge is 2.49. The van der Waals surface area contributed by atoms with Crippen molar-refractivity contribution in [2.24, 2.45) is 0 Å². The van der Waals surface area contributed by atoms with Gasteiger partial charge in [0, 0.05) is 22.5 Å². The van der Waals surface area contributed by atoms with Crippen molar-refractivity contribution in [3.05, 3.63) is 33.5 Å². The minimum absolute atomic E-state index is 0.350. The van der Waals surface area contributed by atoms with Crippen LogP contribution >= 0.6 is 11.3 Å². The van der Waals surface area contributed by atoms with Gasteiger partial charge < -0.3 is 24.8 Å². The molecule has 2 N–H and O–H groups in total. The molecule has 38 heavy (non-hydrogen) atoms. The molecule has 1 spiro atoms. The van der Waals surface area contributed by atoms with Crippen molar-refractivity contribution in [2.75, 3.05) is 37.4 Å². The summed E-state index contributed by atoms with van der Waals surface area (Å²) >= 11 is 1.56. The molecule has 198 valence electrons. The fraction of sp³-hybridized carbons (Fsp3) is 0.571. The van der Waals surface area contributed by atoms with Gasteiger partial charge >= 0.3 is 0 Å². The summed E-state index contributed by atoms with van der Waals surface area (Å²) in [7, 11) is 2.20. The van der Waals surface area contributed by atoms with Crippen LogP contribution in [-0.4, -0.2) is 58.9 Å². The maximum Gasteiger partial charge on any atom is 0.184 e. The molecule has 0 radical (unpaired) electrons. The molecular weight excluding hydrogens is 498 g/mol. The Hall–Kier alpha value is -3.16. The summed E-state index contributed by atoms with van der Waals surface area (Å²) in [6.45, 7) is 4.88. The Balaban J connectivity index is 1.31. The minimum atomic E-state index is -0.350. The number of hydrogen-bond acceptors (Lipinski definition) is 10. The van der Waals surface area contributed by atoms with Gasteiger partial charge in [-0.25, -0.2) is 9.97 Å². The number of aryl methyl sites for hydroxylation is 1. The number of aromatic nitrogens is 3. The molecule has 2 aliphatic heterocycles. The molecule has 10 heteroatoms. The largest absolute Gasteiger partial charge is 0.486 e. The third kappa shape index (κ3) is 3.41. The summed E-state index contributed by atoms with van der Waals surface area (Å²) in [6.07, 6.45) is 9.84. The molecule has 0 bridgehead atoms. The van der Waals surface area contributed by atoms with E-state index in [2.05, 4.69) is 35.0 Å². The van der Waals surface area contributed by atoms with E-state index in [1.807, 2.05) is 0 Å². The zero-order chi connectivity index (χ0) is 26.0. The number of anilines is 2. The molecule has 1 saturated heterocycles. The molecule has 9 nitrogen and oxygen atoms in total. The van der Waals surface area contributed by atoms with Crippen LogP contribution in [0, 0.1) is 11.3 Å². The Labute approximate surface area is 226 Å². The molecule has 3 aromatic rings. The van der Waals surface area contributed by atoms with Crippen LogP contribution in [0.25, 0.3) is 11.5 Å². The summed E-state index contributed by atoms with van der Waals surface area (Å²) < 4.78 is 12.2. The monoisotopic (exact) mass is 531 g/mol. The van der Waals surface area contributed by atoms with Crippen molar-refractivity contribution in [1.82, 2.24) is 20.0 Å². The van der Waals surface area contributed by atoms with E-state index in [-0.39, 0.29) is 5.41 Å². The second-order valence-electron chi connectivity index (χ2n) is 11.2. The van der Waals surface area contributed by atoms with E-state index in [0.717, 1.165) is 92.2 Å². The molecule has 4 aliphatic rings. The minimum Gasteiger partial charge on any atom is -0.486 e. The van der Waals surface area contributed by atoms with Gasteiger partial charge in [-0.05, 0) is 77.4 Å². The second-order valence-corrected chi connectivity index (χ2v) is 12.4. The lowest BCUT2D eigenvalue weighted by Gasteiger charge is -2.45. The van der Waals surface area contributed by atoms with Crippen molar-refractivity contribution in [1.29, 1.82) is 5.26 Å². The molecule has 0 aromatic carbocycles. The molecule has 0 amide bonds. The Morgan fingerprint density at radius 1 is 1.21 bits per heavy atom. The molecular formula is C28H33N7O2S. The van der Waals surface area contributed by atoms with Crippen molar-refractivity contribution >= 4 is 22.2 Å². The molecule has 0 saturated carbocycles. The molecule has 7 rings (SSSR count). The van der Waals surface area contributed by atoms with E-state index < -0.39 is 0 Å². The molecule has 3 atom stereocenters. The third-order valence-electron chi connectivity index (χ3n) is 9.33. The van der Waals surface area contributed by atoms with Crippen LogP contribution in [0.15, 0.2) is 10.7 Å². The summed E-state index contributed by atoms with van der Waals surface area (Å²) in [6, 6.07) is 3.21. The van der Waals surface area contributed by atoms with Crippen LogP contribution in [0.2, 0.25) is 0 Å². The zero-order valence-corrected chi connectivity index (χ0v) is 22.8. The van der Waals surface area contributed by atoms with Crippen LogP contribution < -0.4 is 15.4 Å². The number of fused-ring (bicyclic) bond motifs is 5. The predicted octanol–water partition coefficient (Wildman–Crippen LogP) is 4.29. The van der Waals surface area contributed by atoms with Gasteiger partial charge in [-0.1, -0.05) is 5.16 Å². The van der Waals surface area contributed by atoms with Gasteiger partial charge in [-0.3, -0.25) is 0 Å². The van der Waals surface area contributed by atoms with Crippen LogP contribution in [-0.2, 0) is 18.3 Å². The Kier molecular flexibility index (Phi) is 5.64. The first kappa shape index (κ1) is 23.9. The third-order valence-corrected chi connectivity index (χ3v) is 10.4. The van der Waals surface area contributed by atoms with Crippen LogP contribution in [0.1, 0.15) is 72.8 Å². The normalized spacial score (nSPS) is 26.8. The number of nitrogen functional groups attached to an aromatic ring is 1. The van der Waals surface area contributed by atoms with Gasteiger partial charge in [0.1, 0.15) is 17.7 Å². The number of nitrogens with zero attached hydrogens (tertiary/aromatic N) is 6. The van der Waals surface area contributed by atoms with Crippen molar-refractivity contribution in [2.45, 2.75) is 75.8 Å². The van der Waals surface area contributed by atoms with Gasteiger partial charge in [0.15, 0.2) is 28.8 Å². The van der Waals surface area contributed by atoms with Crippen LogP contribution in [0.4, 0.5) is 10.8 Å². The number of rotatable bonds is 2. The zero-order valence-electron chi connectivity index (χ0n) is 22.0. The lowest BCUT2D eigenvalue weighted by Crippen LogP contribution is -2.55. The van der Waals surface area contributed by atoms with Crippen LogP contribution in [0.3, 0.4) is 0 Å². The first-order valence-electron chi connectivity index (χ1n) is 13.8. The quantitative estimate of drug-likeness (QED) is 0.517. The number of piperidine rings is 1. The number of nitrogens with two attached hydrogens (primary N) is 1. The van der Waals surface area contributed by atoms with E-state index in [9.17, 15) is 5.26 Å². The highest BCUT2D eigenvalue weighted by atomic mass is 32.1. The van der Waals surface area contributed by atoms with E-state index in [4.69, 9.17) is 25.0 Å².